The number of fused-ring (bicyclic) bond motifs is 3. The smallest absolute Gasteiger partial charge is 0.354 e. The highest BCUT2D eigenvalue weighted by Crippen LogP contribution is 2.52. The van der Waals surface area contributed by atoms with Gasteiger partial charge in [0, 0.05) is 43.6 Å². The maximum Gasteiger partial charge on any atom is 0.354 e. The fraction of sp³-hybridized carbons (Fsp3) is 0.343. The number of hydrogen-bond donors (Lipinski definition) is 3. The van der Waals surface area contributed by atoms with Crippen molar-refractivity contribution in [1.82, 2.24) is 44.1 Å². The van der Waals surface area contributed by atoms with E-state index in [1.54, 1.807) is 34.1 Å². The molecular formula is C35H35FN12O5. The van der Waals surface area contributed by atoms with Gasteiger partial charge in [-0.3, -0.25) is 33.0 Å². The third kappa shape index (κ3) is 5.57. The molecule has 1 atom stereocenters. The summed E-state index contributed by atoms with van der Waals surface area (Å²) in [7, 11) is 0. The third-order valence-corrected chi connectivity index (χ3v) is 10.6. The number of aromatic amines is 1. The minimum atomic E-state index is -1.35. The highest BCUT2D eigenvalue weighted by molar-refractivity contribution is 6.12. The Bertz CT molecular complexity index is 2420. The lowest BCUT2D eigenvalue weighted by Gasteiger charge is -2.39. The third-order valence-electron chi connectivity index (χ3n) is 10.6. The Hall–Kier alpha value is -6.46. The minimum Gasteiger partial charge on any atom is -0.383 e. The summed E-state index contributed by atoms with van der Waals surface area (Å²) in [5, 5.41) is 6.79. The maximum atomic E-state index is 15.0. The van der Waals surface area contributed by atoms with Gasteiger partial charge in [0.05, 0.1) is 40.9 Å². The molecule has 0 bridgehead atoms. The van der Waals surface area contributed by atoms with Gasteiger partial charge in [-0.15, -0.1) is 0 Å². The largest absolute Gasteiger partial charge is 0.383 e. The number of nitrogens with one attached hydrogen (secondary N) is 1. The summed E-state index contributed by atoms with van der Waals surface area (Å²) in [5.41, 5.74) is 11.4. The molecule has 0 radical (unpaired) electrons. The van der Waals surface area contributed by atoms with Crippen molar-refractivity contribution < 1.29 is 18.8 Å². The predicted octanol–water partition coefficient (Wildman–Crippen LogP) is 1.09. The van der Waals surface area contributed by atoms with Gasteiger partial charge in [0.25, 0.3) is 5.91 Å². The van der Waals surface area contributed by atoms with Crippen LogP contribution < -0.4 is 27.7 Å². The summed E-state index contributed by atoms with van der Waals surface area (Å²) >= 11 is 0. The molecule has 5 aromatic rings. The number of hydrogen-bond acceptors (Lipinski definition) is 11. The summed E-state index contributed by atoms with van der Waals surface area (Å²) in [4.78, 5) is 86.5. The van der Waals surface area contributed by atoms with E-state index in [9.17, 15) is 28.4 Å². The van der Waals surface area contributed by atoms with Crippen LogP contribution in [0.3, 0.4) is 0 Å². The molecule has 7 heterocycles. The number of amides is 3. The summed E-state index contributed by atoms with van der Waals surface area (Å²) in [6.07, 6.45) is 6.17. The molecular weight excluding hydrogens is 687 g/mol. The Morgan fingerprint density at radius 3 is 2.28 bits per heavy atom. The van der Waals surface area contributed by atoms with Crippen LogP contribution in [0.15, 0.2) is 64.6 Å². The molecule has 3 aliphatic rings. The van der Waals surface area contributed by atoms with Gasteiger partial charge in [0.1, 0.15) is 29.4 Å². The van der Waals surface area contributed by atoms with Crippen LogP contribution in [0.25, 0.3) is 22.4 Å². The highest BCUT2D eigenvalue weighted by Gasteiger charge is 2.55. The Labute approximate surface area is 300 Å². The summed E-state index contributed by atoms with van der Waals surface area (Å²) in [5.74, 6) is -1.11. The van der Waals surface area contributed by atoms with Crippen LogP contribution >= 0.6 is 0 Å². The molecule has 3 amide bonds. The van der Waals surface area contributed by atoms with E-state index in [0.717, 1.165) is 6.42 Å². The SMILES string of the molecule is Nc1ccn(-c2ccc3c(c2-n2ccc(N)nc2=O)C2(CCN(C(=O)c4ccc5[nH]ncc5n4)CC2)C(=O)N3CC(=O)N2CCCC2CCF)c(=O)n1. The Balaban J connectivity index is 1.26. The Morgan fingerprint density at radius 1 is 0.887 bits per heavy atom. The van der Waals surface area contributed by atoms with Crippen molar-refractivity contribution in [1.29, 1.82) is 0 Å². The average molecular weight is 723 g/mol. The number of piperidine rings is 1. The quantitative estimate of drug-likeness (QED) is 0.216. The molecule has 5 N–H and O–H groups in total. The molecule has 17 nitrogen and oxygen atoms in total. The second kappa shape index (κ2) is 12.9. The zero-order valence-electron chi connectivity index (χ0n) is 28.4. The van der Waals surface area contributed by atoms with Crippen molar-refractivity contribution in [2.75, 3.05) is 49.2 Å². The summed E-state index contributed by atoms with van der Waals surface area (Å²) in [6.45, 7) is -0.194. The van der Waals surface area contributed by atoms with E-state index in [0.29, 0.717) is 35.2 Å². The lowest BCUT2D eigenvalue weighted by atomic mass is 9.72. The van der Waals surface area contributed by atoms with Crippen LogP contribution in [-0.4, -0.2) is 101 Å². The number of halogens is 1. The van der Waals surface area contributed by atoms with Gasteiger partial charge in [0.15, 0.2) is 0 Å². The fourth-order valence-corrected chi connectivity index (χ4v) is 8.01. The van der Waals surface area contributed by atoms with Crippen LogP contribution in [0, 0.1) is 0 Å². The van der Waals surface area contributed by atoms with Gasteiger partial charge >= 0.3 is 11.4 Å². The zero-order chi connectivity index (χ0) is 37.0. The molecule has 4 aromatic heterocycles. The second-order valence-corrected chi connectivity index (χ2v) is 13.5. The molecule has 0 aliphatic carbocycles. The van der Waals surface area contributed by atoms with E-state index in [2.05, 4.69) is 25.1 Å². The predicted molar refractivity (Wildman–Crippen MR) is 190 cm³/mol. The number of carbonyl (C=O) groups is 3. The number of rotatable bonds is 7. The number of H-pyrrole nitrogens is 1. The van der Waals surface area contributed by atoms with Gasteiger partial charge in [-0.25, -0.2) is 14.6 Å². The van der Waals surface area contributed by atoms with Gasteiger partial charge in [-0.1, -0.05) is 0 Å². The normalized spacial score (nSPS) is 17.9. The average Bonchev–Trinajstić information content (AvgIpc) is 3.87. The van der Waals surface area contributed by atoms with Crippen LogP contribution in [-0.2, 0) is 15.0 Å². The van der Waals surface area contributed by atoms with Crippen LogP contribution in [0.2, 0.25) is 0 Å². The molecule has 2 fully saturated rings. The first kappa shape index (κ1) is 33.7. The number of alkyl halides is 1. The number of nitrogens with zero attached hydrogens (tertiary/aromatic N) is 9. The first-order chi connectivity index (χ1) is 25.6. The van der Waals surface area contributed by atoms with Crippen molar-refractivity contribution in [2.24, 2.45) is 0 Å². The molecule has 2 saturated heterocycles. The number of aromatic nitrogens is 7. The molecule has 3 aliphatic heterocycles. The van der Waals surface area contributed by atoms with Crippen LogP contribution in [0.1, 0.15) is 48.2 Å². The molecule has 1 aromatic carbocycles. The molecule has 53 heavy (non-hydrogen) atoms. The van der Waals surface area contributed by atoms with Gasteiger partial charge in [0.2, 0.25) is 11.8 Å². The number of pyridine rings is 1. The van der Waals surface area contributed by atoms with E-state index in [1.165, 1.54) is 44.8 Å². The van der Waals surface area contributed by atoms with E-state index in [-0.39, 0.29) is 85.5 Å². The van der Waals surface area contributed by atoms with Gasteiger partial charge in [-0.05, 0) is 68.5 Å². The Morgan fingerprint density at radius 2 is 1.58 bits per heavy atom. The van der Waals surface area contributed by atoms with E-state index in [4.69, 9.17) is 11.5 Å². The first-order valence-electron chi connectivity index (χ1n) is 17.2. The van der Waals surface area contributed by atoms with E-state index in [1.807, 2.05) is 0 Å². The minimum absolute atomic E-state index is 0.0111. The lowest BCUT2D eigenvalue weighted by Crippen LogP contribution is -2.52. The van der Waals surface area contributed by atoms with Crippen LogP contribution in [0.4, 0.5) is 21.7 Å². The van der Waals surface area contributed by atoms with E-state index < -0.39 is 29.4 Å². The topological polar surface area (TPSA) is 224 Å². The van der Waals surface area contributed by atoms with Crippen LogP contribution in [0.5, 0.6) is 0 Å². The summed E-state index contributed by atoms with van der Waals surface area (Å²) < 4.78 is 15.8. The fourth-order valence-electron chi connectivity index (χ4n) is 8.01. The number of anilines is 3. The zero-order valence-corrected chi connectivity index (χ0v) is 28.4. The number of nitrogen functional groups attached to an aromatic ring is 2. The maximum absolute atomic E-state index is 15.0. The molecule has 1 unspecified atom stereocenters. The number of likely N-dealkylation sites (tertiary alicyclic amines) is 2. The first-order valence-corrected chi connectivity index (χ1v) is 17.2. The lowest BCUT2D eigenvalue weighted by molar-refractivity contribution is -0.133. The standard InChI is InChI=1S/C35H35FN12O5/c36-12-7-20-2-1-13-45(20)28(49)19-48-24-5-6-25(46-14-8-26(37)41-33(46)52)30(47-15-9-27(38)42-34(47)53)29(24)35(32(48)51)10-16-44(17-11-35)31(50)22-4-3-21-23(40-22)18-39-43-21/h3-6,8-9,14-15,18,20H,1-2,7,10-13,16-17,19H2,(H,39,43)(H2,37,41,52)(H2,38,42,53). The monoisotopic (exact) mass is 722 g/mol. The molecule has 1 spiro atoms. The summed E-state index contributed by atoms with van der Waals surface area (Å²) in [6, 6.07) is 9.10. The van der Waals surface area contributed by atoms with Gasteiger partial charge in [-0.2, -0.15) is 15.1 Å². The molecule has 272 valence electrons. The number of benzene rings is 1. The molecule has 18 heteroatoms. The van der Waals surface area contributed by atoms with E-state index >= 15 is 0 Å². The van der Waals surface area contributed by atoms with Crippen molar-refractivity contribution >= 4 is 46.1 Å². The number of nitrogens with two attached hydrogens (primary N) is 2. The van der Waals surface area contributed by atoms with Crippen molar-refractivity contribution in [3.63, 3.8) is 0 Å². The Kier molecular flexibility index (Phi) is 8.22. The molecule has 0 saturated carbocycles. The van der Waals surface area contributed by atoms with Crippen molar-refractivity contribution in [2.45, 2.75) is 43.6 Å². The number of carbonyl (C=O) groups excluding carboxylic acids is 3. The van der Waals surface area contributed by atoms with Crippen molar-refractivity contribution in [3.8, 4) is 11.4 Å². The highest BCUT2D eigenvalue weighted by atomic mass is 19.1. The second-order valence-electron chi connectivity index (χ2n) is 13.5. The van der Waals surface area contributed by atoms with Gasteiger partial charge < -0.3 is 26.2 Å². The van der Waals surface area contributed by atoms with Crippen molar-refractivity contribution in [3.05, 3.63) is 87.2 Å². The molecule has 8 rings (SSSR count).